The fourth-order valence-electron chi connectivity index (χ4n) is 3.40. The summed E-state index contributed by atoms with van der Waals surface area (Å²) in [5.74, 6) is 2.63. The molecule has 3 rings (SSSR count). The fraction of sp³-hybridized carbons (Fsp3) is 0.706. The molecule has 0 aromatic carbocycles. The first-order valence-electron chi connectivity index (χ1n) is 8.94. The molecular weight excluding hydrogens is 306 g/mol. The minimum atomic E-state index is -0.223. The van der Waals surface area contributed by atoms with Crippen LogP contribution in [0.3, 0.4) is 0 Å². The van der Waals surface area contributed by atoms with Gasteiger partial charge in [-0.1, -0.05) is 12.8 Å². The van der Waals surface area contributed by atoms with Crippen molar-refractivity contribution in [1.82, 2.24) is 14.9 Å². The van der Waals surface area contributed by atoms with E-state index in [9.17, 15) is 4.79 Å². The highest BCUT2D eigenvalue weighted by Gasteiger charge is 2.23. The van der Waals surface area contributed by atoms with Gasteiger partial charge >= 0.3 is 6.09 Å². The van der Waals surface area contributed by atoms with Gasteiger partial charge in [-0.2, -0.15) is 0 Å². The number of amides is 1. The molecule has 1 saturated carbocycles. The summed E-state index contributed by atoms with van der Waals surface area (Å²) in [7, 11) is 0. The Balaban J connectivity index is 1.62. The first kappa shape index (κ1) is 16.8. The van der Waals surface area contributed by atoms with Gasteiger partial charge in [0.25, 0.3) is 0 Å². The van der Waals surface area contributed by atoms with E-state index in [-0.39, 0.29) is 6.09 Å². The lowest BCUT2D eigenvalue weighted by Crippen LogP contribution is -2.49. The maximum absolute atomic E-state index is 11.8. The number of carbonyl (C=O) groups is 1. The molecule has 2 aliphatic rings. The predicted octanol–water partition coefficient (Wildman–Crippen LogP) is 2.42. The molecule has 7 heteroatoms. The second kappa shape index (κ2) is 7.68. The minimum absolute atomic E-state index is 0.223. The van der Waals surface area contributed by atoms with Gasteiger partial charge < -0.3 is 19.9 Å². The first-order valence-corrected chi connectivity index (χ1v) is 8.94. The maximum Gasteiger partial charge on any atom is 0.409 e. The van der Waals surface area contributed by atoms with E-state index in [0.29, 0.717) is 25.7 Å². The van der Waals surface area contributed by atoms with Crippen LogP contribution in [-0.2, 0) is 4.74 Å². The predicted molar refractivity (Wildman–Crippen MR) is 93.5 cm³/mol. The maximum atomic E-state index is 11.8. The van der Waals surface area contributed by atoms with E-state index in [2.05, 4.69) is 20.2 Å². The number of aromatic nitrogens is 2. The summed E-state index contributed by atoms with van der Waals surface area (Å²) in [4.78, 5) is 24.9. The van der Waals surface area contributed by atoms with E-state index < -0.39 is 0 Å². The lowest BCUT2D eigenvalue weighted by Gasteiger charge is -2.34. The van der Waals surface area contributed by atoms with Crippen molar-refractivity contribution in [2.24, 2.45) is 0 Å². The molecule has 0 spiro atoms. The van der Waals surface area contributed by atoms with Gasteiger partial charge in [-0.15, -0.1) is 0 Å². The monoisotopic (exact) mass is 333 g/mol. The Morgan fingerprint density at radius 2 is 1.96 bits per heavy atom. The quantitative estimate of drug-likeness (QED) is 0.912. The third-order valence-corrected chi connectivity index (χ3v) is 4.66. The van der Waals surface area contributed by atoms with Crippen molar-refractivity contribution in [3.05, 3.63) is 11.9 Å². The molecule has 1 aliphatic heterocycles. The van der Waals surface area contributed by atoms with Crippen LogP contribution in [0.5, 0.6) is 0 Å². The van der Waals surface area contributed by atoms with Crippen molar-refractivity contribution in [1.29, 1.82) is 0 Å². The van der Waals surface area contributed by atoms with E-state index in [1.807, 2.05) is 19.9 Å². The van der Waals surface area contributed by atoms with Crippen molar-refractivity contribution in [3.8, 4) is 0 Å². The van der Waals surface area contributed by atoms with Crippen LogP contribution < -0.4 is 10.2 Å². The lowest BCUT2D eigenvalue weighted by molar-refractivity contribution is 0.105. The van der Waals surface area contributed by atoms with Crippen molar-refractivity contribution < 1.29 is 9.53 Å². The summed E-state index contributed by atoms with van der Waals surface area (Å²) < 4.78 is 5.07. The Bertz CT molecular complexity index is 566. The summed E-state index contributed by atoms with van der Waals surface area (Å²) in [5, 5.41) is 3.54. The zero-order valence-corrected chi connectivity index (χ0v) is 14.6. The Kier molecular flexibility index (Phi) is 5.37. The number of nitrogens with zero attached hydrogens (tertiary/aromatic N) is 4. The van der Waals surface area contributed by atoms with E-state index in [1.54, 1.807) is 4.90 Å². The summed E-state index contributed by atoms with van der Waals surface area (Å²) in [6.45, 7) is 7.02. The van der Waals surface area contributed by atoms with Gasteiger partial charge in [-0.3, -0.25) is 0 Å². The molecule has 1 aliphatic carbocycles. The van der Waals surface area contributed by atoms with Gasteiger partial charge in [-0.05, 0) is 26.7 Å². The van der Waals surface area contributed by atoms with Crippen molar-refractivity contribution >= 4 is 17.7 Å². The van der Waals surface area contributed by atoms with E-state index >= 15 is 0 Å². The summed E-state index contributed by atoms with van der Waals surface area (Å²) in [5.41, 5.74) is 0. The van der Waals surface area contributed by atoms with Gasteiger partial charge in [0.1, 0.15) is 17.5 Å². The van der Waals surface area contributed by atoms with E-state index in [0.717, 1.165) is 30.5 Å². The average Bonchev–Trinajstić information content (AvgIpc) is 3.07. The number of hydrogen-bond acceptors (Lipinski definition) is 6. The van der Waals surface area contributed by atoms with Crippen LogP contribution in [-0.4, -0.2) is 59.8 Å². The zero-order valence-electron chi connectivity index (χ0n) is 14.6. The molecule has 0 bridgehead atoms. The second-order valence-corrected chi connectivity index (χ2v) is 6.46. The number of aryl methyl sites for hydroxylation is 1. The van der Waals surface area contributed by atoms with Crippen LogP contribution in [0.2, 0.25) is 0 Å². The topological polar surface area (TPSA) is 70.6 Å². The number of hydrogen-bond donors (Lipinski definition) is 1. The highest BCUT2D eigenvalue weighted by atomic mass is 16.6. The average molecular weight is 333 g/mol. The first-order chi connectivity index (χ1) is 11.7. The van der Waals surface area contributed by atoms with Gasteiger partial charge in [0, 0.05) is 38.3 Å². The third-order valence-electron chi connectivity index (χ3n) is 4.66. The zero-order chi connectivity index (χ0) is 16.9. The largest absolute Gasteiger partial charge is 0.450 e. The van der Waals surface area contributed by atoms with Crippen LogP contribution in [0.4, 0.5) is 16.4 Å². The SMILES string of the molecule is CCOC(=O)N1CCN(c2cc(NC3CCCC3)nc(C)n2)CC1. The number of piperazine rings is 1. The van der Waals surface area contributed by atoms with Gasteiger partial charge in [0.15, 0.2) is 0 Å². The van der Waals surface area contributed by atoms with Crippen LogP contribution in [0.1, 0.15) is 38.4 Å². The Labute approximate surface area is 143 Å². The molecule has 0 radical (unpaired) electrons. The van der Waals surface area contributed by atoms with Crippen molar-refractivity contribution in [2.45, 2.75) is 45.6 Å². The Morgan fingerprint density at radius 3 is 2.62 bits per heavy atom. The number of rotatable bonds is 4. The summed E-state index contributed by atoms with van der Waals surface area (Å²) >= 11 is 0. The van der Waals surface area contributed by atoms with Gasteiger partial charge in [0.05, 0.1) is 6.61 Å². The highest BCUT2D eigenvalue weighted by molar-refractivity contribution is 5.68. The normalized spacial score (nSPS) is 18.8. The van der Waals surface area contributed by atoms with Crippen LogP contribution in [0, 0.1) is 6.92 Å². The molecule has 0 unspecified atom stereocenters. The standard InChI is InChI=1S/C17H27N5O2/c1-3-24-17(23)22-10-8-21(9-11-22)16-12-15(18-13(2)19-16)20-14-6-4-5-7-14/h12,14H,3-11H2,1-2H3,(H,18,19,20). The minimum Gasteiger partial charge on any atom is -0.450 e. The Hall–Kier alpha value is -2.05. The van der Waals surface area contributed by atoms with Gasteiger partial charge in [-0.25, -0.2) is 14.8 Å². The number of anilines is 2. The van der Waals surface area contributed by atoms with Crippen molar-refractivity contribution in [2.75, 3.05) is 43.0 Å². The number of nitrogens with one attached hydrogen (secondary N) is 1. The smallest absolute Gasteiger partial charge is 0.409 e. The van der Waals surface area contributed by atoms with Gasteiger partial charge in [0.2, 0.25) is 0 Å². The second-order valence-electron chi connectivity index (χ2n) is 6.46. The molecular formula is C17H27N5O2. The molecule has 1 amide bonds. The summed E-state index contributed by atoms with van der Waals surface area (Å²) in [6.07, 6.45) is 4.81. The number of ether oxygens (including phenoxy) is 1. The fourth-order valence-corrected chi connectivity index (χ4v) is 3.40. The lowest BCUT2D eigenvalue weighted by atomic mass is 10.2. The molecule has 1 aromatic rings. The molecule has 0 atom stereocenters. The molecule has 2 heterocycles. The molecule has 7 nitrogen and oxygen atoms in total. The molecule has 132 valence electrons. The molecule has 24 heavy (non-hydrogen) atoms. The molecule has 1 aromatic heterocycles. The van der Waals surface area contributed by atoms with E-state index in [1.165, 1.54) is 25.7 Å². The van der Waals surface area contributed by atoms with Crippen LogP contribution >= 0.6 is 0 Å². The van der Waals surface area contributed by atoms with Crippen LogP contribution in [0.25, 0.3) is 0 Å². The van der Waals surface area contributed by atoms with E-state index in [4.69, 9.17) is 4.74 Å². The highest BCUT2D eigenvalue weighted by Crippen LogP contribution is 2.24. The van der Waals surface area contributed by atoms with Crippen LogP contribution in [0.15, 0.2) is 6.07 Å². The summed E-state index contributed by atoms with van der Waals surface area (Å²) in [6, 6.07) is 2.57. The van der Waals surface area contributed by atoms with Crippen molar-refractivity contribution in [3.63, 3.8) is 0 Å². The number of carbonyl (C=O) groups excluding carboxylic acids is 1. The molecule has 1 saturated heterocycles. The molecule has 1 N–H and O–H groups in total. The Morgan fingerprint density at radius 1 is 1.25 bits per heavy atom. The third kappa shape index (κ3) is 4.07. The molecule has 2 fully saturated rings.